The number of ether oxygens (including phenoxy) is 2. The number of rotatable bonds is 5. The van der Waals surface area contributed by atoms with Crippen molar-refractivity contribution < 1.29 is 9.47 Å². The van der Waals surface area contributed by atoms with E-state index in [1.807, 2.05) is 0 Å². The summed E-state index contributed by atoms with van der Waals surface area (Å²) in [6.45, 7) is 4.64. The summed E-state index contributed by atoms with van der Waals surface area (Å²) in [5.74, 6) is 0. The fourth-order valence-corrected chi connectivity index (χ4v) is 3.10. The van der Waals surface area contributed by atoms with E-state index >= 15 is 0 Å². The molecule has 0 radical (unpaired) electrons. The molecule has 0 spiro atoms. The van der Waals surface area contributed by atoms with Gasteiger partial charge in [0.25, 0.3) is 0 Å². The van der Waals surface area contributed by atoms with E-state index in [4.69, 9.17) is 9.47 Å². The molecule has 2 atom stereocenters. The molecule has 0 saturated carbocycles. The largest absolute Gasteiger partial charge is 0.384 e. The molecule has 1 saturated heterocycles. The monoisotopic (exact) mass is 311 g/mol. The summed E-state index contributed by atoms with van der Waals surface area (Å²) in [5, 5.41) is 3.47. The number of hydrogen-bond acceptors (Lipinski definition) is 3. The van der Waals surface area contributed by atoms with Gasteiger partial charge in [0.05, 0.1) is 19.3 Å². The van der Waals surface area contributed by atoms with Crippen LogP contribution >= 0.6 is 0 Å². The van der Waals surface area contributed by atoms with Gasteiger partial charge < -0.3 is 14.8 Å². The fourth-order valence-electron chi connectivity index (χ4n) is 3.10. The van der Waals surface area contributed by atoms with Gasteiger partial charge in [-0.3, -0.25) is 0 Å². The highest BCUT2D eigenvalue weighted by atomic mass is 16.5. The molecule has 1 aliphatic rings. The normalized spacial score (nSPS) is 21.3. The van der Waals surface area contributed by atoms with Crippen molar-refractivity contribution in [1.82, 2.24) is 5.32 Å². The van der Waals surface area contributed by atoms with Gasteiger partial charge in [0.2, 0.25) is 0 Å². The molecule has 3 heteroatoms. The van der Waals surface area contributed by atoms with Crippen LogP contribution in [0.15, 0.2) is 48.5 Å². The predicted octanol–water partition coefficient (Wildman–Crippen LogP) is 3.59. The first-order valence-corrected chi connectivity index (χ1v) is 8.31. The Morgan fingerprint density at radius 1 is 1.13 bits per heavy atom. The molecule has 1 N–H and O–H groups in total. The van der Waals surface area contributed by atoms with Crippen LogP contribution in [0.4, 0.5) is 0 Å². The molecule has 0 bridgehead atoms. The van der Waals surface area contributed by atoms with Crippen molar-refractivity contribution in [2.45, 2.75) is 25.5 Å². The molecule has 122 valence electrons. The van der Waals surface area contributed by atoms with Crippen LogP contribution in [0.1, 0.15) is 24.2 Å². The number of benzene rings is 2. The Bertz CT molecular complexity index is 624. The smallest absolute Gasteiger partial charge is 0.0975 e. The second-order valence-electron chi connectivity index (χ2n) is 6.10. The van der Waals surface area contributed by atoms with Gasteiger partial charge in [-0.05, 0) is 35.6 Å². The van der Waals surface area contributed by atoms with Crippen LogP contribution in [0.2, 0.25) is 0 Å². The SMILES string of the molecule is COCCc1cccc(-c2ccc([C@H]3OCCN[C@@H]3C)cc2)c1. The minimum atomic E-state index is 0.144. The quantitative estimate of drug-likeness (QED) is 0.915. The Kier molecular flexibility index (Phi) is 5.44. The first kappa shape index (κ1) is 16.2. The molecule has 2 aromatic rings. The lowest BCUT2D eigenvalue weighted by atomic mass is 9.97. The molecular formula is C20H25NO2. The minimum Gasteiger partial charge on any atom is -0.384 e. The molecule has 0 aliphatic carbocycles. The Morgan fingerprint density at radius 2 is 1.96 bits per heavy atom. The molecule has 3 nitrogen and oxygen atoms in total. The van der Waals surface area contributed by atoms with Crippen LogP contribution in [-0.4, -0.2) is 32.9 Å². The van der Waals surface area contributed by atoms with Crippen molar-refractivity contribution in [2.75, 3.05) is 26.9 Å². The number of morpholine rings is 1. The lowest BCUT2D eigenvalue weighted by molar-refractivity contribution is -0.000215. The maximum absolute atomic E-state index is 5.91. The van der Waals surface area contributed by atoms with Gasteiger partial charge in [-0.2, -0.15) is 0 Å². The molecule has 2 aromatic carbocycles. The molecule has 0 amide bonds. The molecule has 3 rings (SSSR count). The van der Waals surface area contributed by atoms with Gasteiger partial charge in [-0.1, -0.05) is 48.5 Å². The van der Waals surface area contributed by atoms with E-state index in [0.29, 0.717) is 6.04 Å². The van der Waals surface area contributed by atoms with Gasteiger partial charge in [0.15, 0.2) is 0 Å². The summed E-state index contributed by atoms with van der Waals surface area (Å²) in [5.41, 5.74) is 5.04. The number of hydrogen-bond donors (Lipinski definition) is 1. The van der Waals surface area contributed by atoms with Gasteiger partial charge in [0.1, 0.15) is 0 Å². The molecule has 0 aromatic heterocycles. The highest BCUT2D eigenvalue weighted by Crippen LogP contribution is 2.27. The number of methoxy groups -OCH3 is 1. The van der Waals surface area contributed by atoms with Gasteiger partial charge >= 0.3 is 0 Å². The Morgan fingerprint density at radius 3 is 2.70 bits per heavy atom. The summed E-state index contributed by atoms with van der Waals surface area (Å²) >= 11 is 0. The zero-order valence-electron chi connectivity index (χ0n) is 13.9. The average Bonchev–Trinajstić information content (AvgIpc) is 2.61. The van der Waals surface area contributed by atoms with Crippen molar-refractivity contribution in [3.05, 3.63) is 59.7 Å². The van der Waals surface area contributed by atoms with Crippen molar-refractivity contribution in [2.24, 2.45) is 0 Å². The van der Waals surface area contributed by atoms with Crippen LogP contribution in [0.5, 0.6) is 0 Å². The van der Waals surface area contributed by atoms with Crippen molar-refractivity contribution in [3.8, 4) is 11.1 Å². The molecule has 1 aliphatic heterocycles. The van der Waals surface area contributed by atoms with Crippen LogP contribution in [-0.2, 0) is 15.9 Å². The summed E-state index contributed by atoms with van der Waals surface area (Å²) in [6.07, 6.45) is 1.09. The zero-order valence-corrected chi connectivity index (χ0v) is 13.9. The summed E-state index contributed by atoms with van der Waals surface area (Å²) < 4.78 is 11.1. The molecule has 1 heterocycles. The van der Waals surface area contributed by atoms with E-state index in [-0.39, 0.29) is 6.10 Å². The molecule has 23 heavy (non-hydrogen) atoms. The topological polar surface area (TPSA) is 30.5 Å². The zero-order chi connectivity index (χ0) is 16.1. The third-order valence-electron chi connectivity index (χ3n) is 4.41. The lowest BCUT2D eigenvalue weighted by Crippen LogP contribution is -2.41. The van der Waals surface area contributed by atoms with Gasteiger partial charge in [0, 0.05) is 19.7 Å². The highest BCUT2D eigenvalue weighted by molar-refractivity contribution is 5.64. The lowest BCUT2D eigenvalue weighted by Gasteiger charge is -2.30. The second kappa shape index (κ2) is 7.73. The fraction of sp³-hybridized carbons (Fsp3) is 0.400. The maximum Gasteiger partial charge on any atom is 0.0975 e. The highest BCUT2D eigenvalue weighted by Gasteiger charge is 2.23. The Labute approximate surface area is 138 Å². The van der Waals surface area contributed by atoms with Crippen molar-refractivity contribution in [3.63, 3.8) is 0 Å². The Balaban J connectivity index is 1.76. The van der Waals surface area contributed by atoms with E-state index in [2.05, 4.69) is 60.8 Å². The van der Waals surface area contributed by atoms with Crippen molar-refractivity contribution in [1.29, 1.82) is 0 Å². The summed E-state index contributed by atoms with van der Waals surface area (Å²) in [7, 11) is 1.74. The first-order chi connectivity index (χ1) is 11.3. The van der Waals surface area contributed by atoms with E-state index < -0.39 is 0 Å². The third-order valence-corrected chi connectivity index (χ3v) is 4.41. The van der Waals surface area contributed by atoms with Crippen LogP contribution < -0.4 is 5.32 Å². The average molecular weight is 311 g/mol. The van der Waals surface area contributed by atoms with E-state index in [9.17, 15) is 0 Å². The van der Waals surface area contributed by atoms with Crippen LogP contribution in [0, 0.1) is 0 Å². The van der Waals surface area contributed by atoms with E-state index in [0.717, 1.165) is 26.2 Å². The standard InChI is InChI=1S/C20H25NO2/c1-15-20(23-13-11-21-15)18-8-6-17(7-9-18)19-5-3-4-16(14-19)10-12-22-2/h3-9,14-15,20-21H,10-13H2,1-2H3/t15-,20+/m1/s1. The Hall–Kier alpha value is -1.68. The van der Waals surface area contributed by atoms with Gasteiger partial charge in [-0.15, -0.1) is 0 Å². The maximum atomic E-state index is 5.91. The van der Waals surface area contributed by atoms with E-state index in [1.54, 1.807) is 7.11 Å². The first-order valence-electron chi connectivity index (χ1n) is 8.31. The second-order valence-corrected chi connectivity index (χ2v) is 6.10. The molecular weight excluding hydrogens is 286 g/mol. The molecule has 0 unspecified atom stereocenters. The van der Waals surface area contributed by atoms with E-state index in [1.165, 1.54) is 22.3 Å². The number of nitrogens with one attached hydrogen (secondary N) is 1. The predicted molar refractivity (Wildman–Crippen MR) is 93.6 cm³/mol. The summed E-state index contributed by atoms with van der Waals surface area (Å²) in [4.78, 5) is 0. The van der Waals surface area contributed by atoms with Crippen LogP contribution in [0.25, 0.3) is 11.1 Å². The minimum absolute atomic E-state index is 0.144. The molecule has 1 fully saturated rings. The van der Waals surface area contributed by atoms with Crippen LogP contribution in [0.3, 0.4) is 0 Å². The van der Waals surface area contributed by atoms with Gasteiger partial charge in [-0.25, -0.2) is 0 Å². The third kappa shape index (κ3) is 3.99. The summed E-state index contributed by atoms with van der Waals surface area (Å²) in [6, 6.07) is 17.8. The van der Waals surface area contributed by atoms with Crippen molar-refractivity contribution >= 4 is 0 Å².